The molecule has 0 atom stereocenters. The molecule has 0 saturated carbocycles. The van der Waals surface area contributed by atoms with Crippen molar-refractivity contribution in [1.29, 1.82) is 0 Å². The number of hydrogen-bond acceptors (Lipinski definition) is 4. The van der Waals surface area contributed by atoms with Crippen LogP contribution in [0.5, 0.6) is 0 Å². The Hall–Kier alpha value is -2.35. The van der Waals surface area contributed by atoms with Gasteiger partial charge in [-0.15, -0.1) is 0 Å². The minimum Gasteiger partial charge on any atom is -0.389 e. The van der Waals surface area contributed by atoms with E-state index in [4.69, 9.17) is 18.0 Å². The summed E-state index contributed by atoms with van der Waals surface area (Å²) in [6.07, 6.45) is 1.23. The lowest BCUT2D eigenvalue weighted by Crippen LogP contribution is -2.15. The summed E-state index contributed by atoms with van der Waals surface area (Å²) in [5.74, 6) is -1.19. The maximum atomic E-state index is 13.6. The normalized spacial score (nSPS) is 10.1. The summed E-state index contributed by atoms with van der Waals surface area (Å²) in [6, 6.07) is 4.05. The van der Waals surface area contributed by atoms with Crippen molar-refractivity contribution in [3.05, 3.63) is 41.5 Å². The van der Waals surface area contributed by atoms with E-state index < -0.39 is 11.7 Å². The lowest BCUT2D eigenvalue weighted by molar-refractivity contribution is 0.102. The molecule has 92 valence electrons. The average Bonchev–Trinajstić information content (AvgIpc) is 2.85. The van der Waals surface area contributed by atoms with Crippen molar-refractivity contribution in [2.24, 2.45) is 5.73 Å². The second-order valence-electron chi connectivity index (χ2n) is 3.37. The molecule has 0 radical (unpaired) electrons. The summed E-state index contributed by atoms with van der Waals surface area (Å²) < 4.78 is 13.6. The lowest BCUT2D eigenvalue weighted by Gasteiger charge is -2.06. The highest BCUT2D eigenvalue weighted by Crippen LogP contribution is 2.16. The van der Waals surface area contributed by atoms with Gasteiger partial charge in [0, 0.05) is 5.56 Å². The van der Waals surface area contributed by atoms with Gasteiger partial charge in [-0.2, -0.15) is 15.4 Å². The van der Waals surface area contributed by atoms with Crippen LogP contribution in [0.4, 0.5) is 10.1 Å². The standard InChI is InChI=1S/C10H8FN5OS/c11-6-3-5(9(12)18)1-2-7(6)14-10(17)8-4-13-16-15-8/h1-4H,(H2,12,18)(H,14,17)(H,13,15,16). The predicted octanol–water partition coefficient (Wildman–Crippen LogP) is 0.830. The Balaban J connectivity index is 2.20. The van der Waals surface area contributed by atoms with Crippen molar-refractivity contribution in [2.75, 3.05) is 5.32 Å². The van der Waals surface area contributed by atoms with Gasteiger partial charge in [-0.3, -0.25) is 4.79 Å². The van der Waals surface area contributed by atoms with Gasteiger partial charge < -0.3 is 11.1 Å². The molecule has 0 saturated heterocycles. The fourth-order valence-electron chi connectivity index (χ4n) is 1.27. The summed E-state index contributed by atoms with van der Waals surface area (Å²) in [5, 5.41) is 11.7. The van der Waals surface area contributed by atoms with E-state index in [0.717, 1.165) is 6.07 Å². The molecule has 8 heteroatoms. The van der Waals surface area contributed by atoms with Gasteiger partial charge in [0.05, 0.1) is 11.9 Å². The number of nitrogens with two attached hydrogens (primary N) is 1. The van der Waals surface area contributed by atoms with Crippen molar-refractivity contribution >= 4 is 28.8 Å². The molecule has 1 aromatic carbocycles. The van der Waals surface area contributed by atoms with E-state index in [1.54, 1.807) is 0 Å². The van der Waals surface area contributed by atoms with Crippen molar-refractivity contribution in [2.45, 2.75) is 0 Å². The van der Waals surface area contributed by atoms with Crippen LogP contribution >= 0.6 is 12.2 Å². The molecule has 0 aliphatic carbocycles. The van der Waals surface area contributed by atoms with Crippen LogP contribution in [0.2, 0.25) is 0 Å². The van der Waals surface area contributed by atoms with E-state index in [0.29, 0.717) is 5.56 Å². The summed E-state index contributed by atoms with van der Waals surface area (Å²) in [4.78, 5) is 11.7. The fraction of sp³-hybridized carbons (Fsp3) is 0. The molecule has 2 rings (SSSR count). The first-order valence-electron chi connectivity index (χ1n) is 4.84. The Labute approximate surface area is 106 Å². The zero-order chi connectivity index (χ0) is 13.1. The molecule has 0 unspecified atom stereocenters. The van der Waals surface area contributed by atoms with Crippen molar-refractivity contribution in [3.8, 4) is 0 Å². The molecule has 2 aromatic rings. The number of aromatic nitrogens is 3. The minimum absolute atomic E-state index is 0.0167. The Morgan fingerprint density at radius 2 is 2.28 bits per heavy atom. The molecule has 1 heterocycles. The highest BCUT2D eigenvalue weighted by atomic mass is 32.1. The summed E-state index contributed by atoms with van der Waals surface area (Å²) in [5.41, 5.74) is 5.84. The van der Waals surface area contributed by atoms with Gasteiger partial charge in [-0.05, 0) is 18.2 Å². The highest BCUT2D eigenvalue weighted by Gasteiger charge is 2.12. The number of H-pyrrole nitrogens is 1. The van der Waals surface area contributed by atoms with Gasteiger partial charge in [0.2, 0.25) is 0 Å². The van der Waals surface area contributed by atoms with Crippen LogP contribution in [0.25, 0.3) is 0 Å². The summed E-state index contributed by atoms with van der Waals surface area (Å²) >= 11 is 4.72. The molecule has 0 fully saturated rings. The maximum absolute atomic E-state index is 13.6. The van der Waals surface area contributed by atoms with E-state index in [2.05, 4.69) is 20.7 Å². The van der Waals surface area contributed by atoms with E-state index in [-0.39, 0.29) is 16.4 Å². The molecule has 0 spiro atoms. The van der Waals surface area contributed by atoms with Crippen molar-refractivity contribution in [3.63, 3.8) is 0 Å². The summed E-state index contributed by atoms with van der Waals surface area (Å²) in [6.45, 7) is 0. The van der Waals surface area contributed by atoms with Crippen LogP contribution in [0.3, 0.4) is 0 Å². The fourth-order valence-corrected chi connectivity index (χ4v) is 1.39. The van der Waals surface area contributed by atoms with Crippen LogP contribution in [0.1, 0.15) is 16.1 Å². The minimum atomic E-state index is -0.628. The number of thiocarbonyl (C=S) groups is 1. The van der Waals surface area contributed by atoms with Gasteiger partial charge in [-0.25, -0.2) is 4.39 Å². The third-order valence-electron chi connectivity index (χ3n) is 2.15. The predicted molar refractivity (Wildman–Crippen MR) is 66.6 cm³/mol. The molecule has 18 heavy (non-hydrogen) atoms. The number of anilines is 1. The van der Waals surface area contributed by atoms with Crippen LogP contribution in [0, 0.1) is 5.82 Å². The van der Waals surface area contributed by atoms with Gasteiger partial charge in [0.25, 0.3) is 5.91 Å². The van der Waals surface area contributed by atoms with E-state index in [1.165, 1.54) is 18.3 Å². The first-order valence-corrected chi connectivity index (χ1v) is 5.25. The largest absolute Gasteiger partial charge is 0.389 e. The third kappa shape index (κ3) is 2.48. The molecule has 6 nitrogen and oxygen atoms in total. The molecular weight excluding hydrogens is 257 g/mol. The monoisotopic (exact) mass is 265 g/mol. The first kappa shape index (κ1) is 12.1. The Bertz CT molecular complexity index is 598. The Kier molecular flexibility index (Phi) is 3.28. The number of nitrogens with zero attached hydrogens (tertiary/aromatic N) is 2. The number of nitrogens with one attached hydrogen (secondary N) is 2. The number of amides is 1. The second-order valence-corrected chi connectivity index (χ2v) is 3.81. The SMILES string of the molecule is NC(=S)c1ccc(NC(=O)c2cn[nH]n2)c(F)c1. The third-order valence-corrected chi connectivity index (χ3v) is 2.39. The number of benzene rings is 1. The van der Waals surface area contributed by atoms with Crippen LogP contribution in [-0.2, 0) is 0 Å². The van der Waals surface area contributed by atoms with Gasteiger partial charge in [0.15, 0.2) is 5.69 Å². The first-order chi connectivity index (χ1) is 8.58. The number of carbonyl (C=O) groups is 1. The number of halogens is 1. The van der Waals surface area contributed by atoms with Gasteiger partial charge in [-0.1, -0.05) is 12.2 Å². The van der Waals surface area contributed by atoms with Gasteiger partial charge in [0.1, 0.15) is 10.8 Å². The van der Waals surface area contributed by atoms with E-state index in [1.807, 2.05) is 0 Å². The number of rotatable bonds is 3. The topological polar surface area (TPSA) is 96.7 Å². The average molecular weight is 265 g/mol. The van der Waals surface area contributed by atoms with Crippen LogP contribution < -0.4 is 11.1 Å². The zero-order valence-electron chi connectivity index (χ0n) is 8.98. The molecule has 0 bridgehead atoms. The van der Waals surface area contributed by atoms with Crippen molar-refractivity contribution < 1.29 is 9.18 Å². The number of carbonyl (C=O) groups excluding carboxylic acids is 1. The molecule has 1 amide bonds. The van der Waals surface area contributed by atoms with Crippen molar-refractivity contribution in [1.82, 2.24) is 15.4 Å². The molecule has 1 aromatic heterocycles. The van der Waals surface area contributed by atoms with E-state index in [9.17, 15) is 9.18 Å². The molecule has 4 N–H and O–H groups in total. The quantitative estimate of drug-likeness (QED) is 0.714. The highest BCUT2D eigenvalue weighted by molar-refractivity contribution is 7.80. The second kappa shape index (κ2) is 4.88. The molecular formula is C10H8FN5OS. The zero-order valence-corrected chi connectivity index (χ0v) is 9.79. The van der Waals surface area contributed by atoms with Crippen LogP contribution in [0.15, 0.2) is 24.4 Å². The number of aromatic amines is 1. The number of hydrogen-bond donors (Lipinski definition) is 3. The lowest BCUT2D eigenvalue weighted by atomic mass is 10.2. The summed E-state index contributed by atoms with van der Waals surface area (Å²) in [7, 11) is 0. The Morgan fingerprint density at radius 3 is 2.83 bits per heavy atom. The van der Waals surface area contributed by atoms with Gasteiger partial charge >= 0.3 is 0 Å². The Morgan fingerprint density at radius 1 is 1.50 bits per heavy atom. The van der Waals surface area contributed by atoms with Crippen LogP contribution in [-0.4, -0.2) is 26.3 Å². The smallest absolute Gasteiger partial charge is 0.277 e. The molecule has 0 aliphatic heterocycles. The maximum Gasteiger partial charge on any atom is 0.277 e. The van der Waals surface area contributed by atoms with E-state index >= 15 is 0 Å². The molecule has 0 aliphatic rings.